The third kappa shape index (κ3) is 5.76. The smallest absolute Gasteiger partial charge is 0.545 e. The van der Waals surface area contributed by atoms with Gasteiger partial charge < -0.3 is 19.4 Å². The van der Waals surface area contributed by atoms with E-state index in [1.165, 1.54) is 38.5 Å². The summed E-state index contributed by atoms with van der Waals surface area (Å²) >= 11 is 0.993. The Kier molecular flexibility index (Phi) is 8.74. The van der Waals surface area contributed by atoms with Crippen LogP contribution in [-0.4, -0.2) is 34.7 Å². The fourth-order valence-electron chi connectivity index (χ4n) is 3.58. The van der Waals surface area contributed by atoms with E-state index in [1.807, 2.05) is 0 Å². The summed E-state index contributed by atoms with van der Waals surface area (Å²) in [4.78, 5) is 25.9. The van der Waals surface area contributed by atoms with Gasteiger partial charge in [-0.25, -0.2) is 4.39 Å². The molecule has 0 radical (unpaired) electrons. The number of ether oxygens (including phenoxy) is 2. The molecule has 35 heavy (non-hydrogen) atoms. The summed E-state index contributed by atoms with van der Waals surface area (Å²) < 4.78 is 32.7. The second-order valence-corrected chi connectivity index (χ2v) is 7.84. The molecule has 172 valence electrons. The molecule has 1 heterocycles. The van der Waals surface area contributed by atoms with E-state index < -0.39 is 17.6 Å². The van der Waals surface area contributed by atoms with Gasteiger partial charge in [0.2, 0.25) is 0 Å². The standard InChI is InChI=1S/C25H19FN2O5S.Na/c1-32-17-7-4-15(5-8-17)24(29)18(11-14-3-10-22(33-2)19(26)12-14)23(25(30)31)16-6-9-20-21(13-16)28-34-27-20;/h3-10,12-13H,11H2,1-2H3,(H,30,31);/q;+1/p-1/b23-18+;. The molecule has 7 nitrogen and oxygen atoms in total. The fourth-order valence-corrected chi connectivity index (χ4v) is 4.09. The maximum atomic E-state index is 14.3. The first-order valence-corrected chi connectivity index (χ1v) is 10.8. The van der Waals surface area contributed by atoms with E-state index in [0.717, 1.165) is 11.7 Å². The van der Waals surface area contributed by atoms with Crippen LogP contribution in [0.5, 0.6) is 11.5 Å². The van der Waals surface area contributed by atoms with Crippen LogP contribution in [0.3, 0.4) is 0 Å². The Hall–Kier alpha value is -3.11. The molecule has 3 aromatic carbocycles. The largest absolute Gasteiger partial charge is 1.00 e. The quantitative estimate of drug-likeness (QED) is 0.197. The zero-order valence-electron chi connectivity index (χ0n) is 19.2. The Morgan fingerprint density at radius 2 is 1.60 bits per heavy atom. The van der Waals surface area contributed by atoms with Gasteiger partial charge >= 0.3 is 29.6 Å². The first-order valence-electron chi connectivity index (χ1n) is 10.1. The number of aliphatic carboxylic acids is 1. The number of rotatable bonds is 8. The number of benzene rings is 3. The van der Waals surface area contributed by atoms with E-state index in [1.54, 1.807) is 36.4 Å². The summed E-state index contributed by atoms with van der Waals surface area (Å²) in [6, 6.07) is 15.2. The van der Waals surface area contributed by atoms with Crippen LogP contribution in [-0.2, 0) is 11.2 Å². The van der Waals surface area contributed by atoms with Gasteiger partial charge in [-0.3, -0.25) is 4.79 Å². The summed E-state index contributed by atoms with van der Waals surface area (Å²) in [6.07, 6.45) is -0.150. The van der Waals surface area contributed by atoms with E-state index in [0.29, 0.717) is 22.3 Å². The van der Waals surface area contributed by atoms with Crippen molar-refractivity contribution in [2.75, 3.05) is 14.2 Å². The molecule has 1 aromatic heterocycles. The SMILES string of the molecule is COc1ccc(C(=O)/C(Cc2ccc(OC)c(F)c2)=C(/C(=O)[O-])c2ccc3nsnc3c2)cc1.[Na+]. The van der Waals surface area contributed by atoms with Crippen molar-refractivity contribution in [2.45, 2.75) is 6.42 Å². The number of methoxy groups -OCH3 is 2. The molecule has 0 aliphatic heterocycles. The van der Waals surface area contributed by atoms with Crippen LogP contribution < -0.4 is 44.1 Å². The molecule has 0 N–H and O–H groups in total. The summed E-state index contributed by atoms with van der Waals surface area (Å²) in [5, 5.41) is 12.3. The van der Waals surface area contributed by atoms with Crippen LogP contribution in [0.25, 0.3) is 16.6 Å². The maximum Gasteiger partial charge on any atom is 1.00 e. The molecule has 0 saturated carbocycles. The summed E-state index contributed by atoms with van der Waals surface area (Å²) in [5.74, 6) is -2.11. The summed E-state index contributed by atoms with van der Waals surface area (Å²) in [5.41, 5.74) is 1.63. The number of Topliss-reactive ketones (excluding diaryl/α,β-unsaturated/α-hetero) is 1. The van der Waals surface area contributed by atoms with Crippen molar-refractivity contribution >= 4 is 40.1 Å². The second kappa shape index (κ2) is 11.5. The number of halogens is 1. The molecular formula is C25H18FN2NaO5S. The van der Waals surface area contributed by atoms with Gasteiger partial charge in [-0.05, 0) is 59.7 Å². The molecule has 4 rings (SSSR count). The Morgan fingerprint density at radius 1 is 0.914 bits per heavy atom. The number of carboxylic acid groups (broad SMARTS) is 1. The molecule has 10 heteroatoms. The molecule has 0 fully saturated rings. The number of nitrogens with zero attached hydrogens (tertiary/aromatic N) is 2. The first kappa shape index (κ1) is 26.5. The Labute approximate surface area is 226 Å². The third-order valence-corrected chi connectivity index (χ3v) is 5.83. The van der Waals surface area contributed by atoms with Crippen molar-refractivity contribution in [1.82, 2.24) is 8.75 Å². The number of hydrogen-bond donors (Lipinski definition) is 0. The molecule has 0 saturated heterocycles. The predicted molar refractivity (Wildman–Crippen MR) is 123 cm³/mol. The average molecular weight is 500 g/mol. The Balaban J connectivity index is 0.00000342. The van der Waals surface area contributed by atoms with Crippen molar-refractivity contribution < 1.29 is 58.1 Å². The van der Waals surface area contributed by atoms with Gasteiger partial charge in [0.05, 0.1) is 31.9 Å². The molecule has 0 unspecified atom stereocenters. The van der Waals surface area contributed by atoms with Crippen LogP contribution in [0.2, 0.25) is 0 Å². The van der Waals surface area contributed by atoms with Crippen LogP contribution in [0.4, 0.5) is 4.39 Å². The molecule has 4 aromatic rings. The molecule has 0 spiro atoms. The minimum atomic E-state index is -1.53. The van der Waals surface area contributed by atoms with Gasteiger partial charge in [0.15, 0.2) is 17.3 Å². The minimum Gasteiger partial charge on any atom is -0.545 e. The number of carbonyl (C=O) groups excluding carboxylic acids is 2. The van der Waals surface area contributed by atoms with Gasteiger partial charge in [-0.2, -0.15) is 8.75 Å². The number of fused-ring (bicyclic) bond motifs is 1. The van der Waals surface area contributed by atoms with Crippen molar-refractivity contribution in [1.29, 1.82) is 0 Å². The number of allylic oxidation sites excluding steroid dienone is 1. The Bertz CT molecular complexity index is 1420. The van der Waals surface area contributed by atoms with E-state index in [9.17, 15) is 19.1 Å². The molecular weight excluding hydrogens is 482 g/mol. The predicted octanol–water partition coefficient (Wildman–Crippen LogP) is 0.481. The van der Waals surface area contributed by atoms with Gasteiger partial charge in [0, 0.05) is 23.1 Å². The van der Waals surface area contributed by atoms with Gasteiger partial charge in [0.25, 0.3) is 0 Å². The fraction of sp³-hybridized carbons (Fsp3) is 0.120. The van der Waals surface area contributed by atoms with E-state index in [4.69, 9.17) is 9.47 Å². The number of hydrogen-bond acceptors (Lipinski definition) is 8. The van der Waals surface area contributed by atoms with Crippen LogP contribution in [0.15, 0.2) is 66.2 Å². The third-order valence-electron chi connectivity index (χ3n) is 5.27. The van der Waals surface area contributed by atoms with Gasteiger partial charge in [-0.15, -0.1) is 0 Å². The van der Waals surface area contributed by atoms with Crippen LogP contribution in [0, 0.1) is 5.82 Å². The minimum absolute atomic E-state index is 0. The van der Waals surface area contributed by atoms with Gasteiger partial charge in [-0.1, -0.05) is 12.1 Å². The van der Waals surface area contributed by atoms with Crippen molar-refractivity contribution in [3.63, 3.8) is 0 Å². The van der Waals surface area contributed by atoms with Crippen LogP contribution >= 0.6 is 11.7 Å². The van der Waals surface area contributed by atoms with Crippen molar-refractivity contribution in [3.05, 3.63) is 88.7 Å². The summed E-state index contributed by atoms with van der Waals surface area (Å²) in [7, 11) is 2.84. The Morgan fingerprint density at radius 3 is 2.23 bits per heavy atom. The van der Waals surface area contributed by atoms with Gasteiger partial charge in [0.1, 0.15) is 16.8 Å². The zero-order chi connectivity index (χ0) is 24.2. The number of carboxylic acids is 1. The van der Waals surface area contributed by atoms with E-state index in [-0.39, 0.29) is 64.0 Å². The normalized spacial score (nSPS) is 11.4. The van der Waals surface area contributed by atoms with E-state index >= 15 is 0 Å². The zero-order valence-corrected chi connectivity index (χ0v) is 22.0. The molecule has 0 aliphatic rings. The molecule has 0 atom stereocenters. The average Bonchev–Trinajstić information content (AvgIpc) is 3.31. The van der Waals surface area contributed by atoms with E-state index in [2.05, 4.69) is 8.75 Å². The number of aromatic nitrogens is 2. The molecule has 0 aliphatic carbocycles. The monoisotopic (exact) mass is 500 g/mol. The molecule has 0 amide bonds. The topological polar surface area (TPSA) is 101 Å². The van der Waals surface area contributed by atoms with Crippen molar-refractivity contribution in [2.24, 2.45) is 0 Å². The number of ketones is 1. The van der Waals surface area contributed by atoms with Crippen molar-refractivity contribution in [3.8, 4) is 11.5 Å². The molecule has 0 bridgehead atoms. The first-order chi connectivity index (χ1) is 16.4. The summed E-state index contributed by atoms with van der Waals surface area (Å²) in [6.45, 7) is 0. The maximum absolute atomic E-state index is 14.3. The second-order valence-electron chi connectivity index (χ2n) is 7.31. The number of carbonyl (C=O) groups is 2. The van der Waals surface area contributed by atoms with Crippen LogP contribution in [0.1, 0.15) is 21.5 Å².